The number of rotatable bonds is 6. The zero-order valence-electron chi connectivity index (χ0n) is 16.2. The van der Waals surface area contributed by atoms with E-state index in [4.69, 9.17) is 0 Å². The number of hydrogen-bond donors (Lipinski definition) is 1. The highest BCUT2D eigenvalue weighted by Crippen LogP contribution is 2.46. The monoisotopic (exact) mass is 356 g/mol. The third-order valence-corrected chi connectivity index (χ3v) is 6.34. The van der Waals surface area contributed by atoms with Gasteiger partial charge in [-0.1, -0.05) is 13.0 Å². The highest BCUT2D eigenvalue weighted by Gasteiger charge is 2.44. The molecular formula is C21H32N4O. The summed E-state index contributed by atoms with van der Waals surface area (Å²) in [6.45, 7) is 5.07. The van der Waals surface area contributed by atoms with Gasteiger partial charge in [0, 0.05) is 38.9 Å². The molecule has 5 heteroatoms. The van der Waals surface area contributed by atoms with E-state index in [0.717, 1.165) is 42.2 Å². The Hall–Kier alpha value is -1.78. The number of pyridine rings is 1. The Balaban J connectivity index is 1.28. The average molecular weight is 357 g/mol. The largest absolute Gasteiger partial charge is 0.357 e. The third-order valence-electron chi connectivity index (χ3n) is 6.34. The summed E-state index contributed by atoms with van der Waals surface area (Å²) in [5, 5.41) is 3.08. The van der Waals surface area contributed by atoms with Crippen molar-refractivity contribution in [2.45, 2.75) is 58.0 Å². The van der Waals surface area contributed by atoms with Gasteiger partial charge in [0.1, 0.15) is 5.82 Å². The number of anilines is 1. The molecule has 26 heavy (non-hydrogen) atoms. The topological polar surface area (TPSA) is 48.5 Å². The molecule has 1 N–H and O–H groups in total. The number of aromatic nitrogens is 1. The first-order valence-electron chi connectivity index (χ1n) is 10.3. The van der Waals surface area contributed by atoms with Crippen molar-refractivity contribution in [3.63, 3.8) is 0 Å². The molecule has 142 valence electrons. The van der Waals surface area contributed by atoms with Gasteiger partial charge < -0.3 is 15.1 Å². The van der Waals surface area contributed by atoms with Crippen LogP contribution < -0.4 is 10.2 Å². The number of nitrogens with zero attached hydrogens (tertiary/aromatic N) is 3. The predicted molar refractivity (Wildman–Crippen MR) is 104 cm³/mol. The summed E-state index contributed by atoms with van der Waals surface area (Å²) in [5.74, 6) is 3.37. The van der Waals surface area contributed by atoms with Crippen LogP contribution in [0.1, 0.15) is 51.0 Å². The van der Waals surface area contributed by atoms with E-state index in [1.807, 2.05) is 18.1 Å². The zero-order valence-corrected chi connectivity index (χ0v) is 16.2. The second-order valence-corrected chi connectivity index (χ2v) is 8.63. The van der Waals surface area contributed by atoms with Crippen LogP contribution in [0.3, 0.4) is 0 Å². The van der Waals surface area contributed by atoms with E-state index >= 15 is 0 Å². The molecule has 3 fully saturated rings. The van der Waals surface area contributed by atoms with Crippen molar-refractivity contribution >= 4 is 11.8 Å². The molecule has 1 saturated heterocycles. The molecule has 2 aliphatic carbocycles. The first-order valence-corrected chi connectivity index (χ1v) is 10.3. The van der Waals surface area contributed by atoms with Gasteiger partial charge in [0.2, 0.25) is 0 Å². The van der Waals surface area contributed by atoms with E-state index in [-0.39, 0.29) is 6.03 Å². The molecule has 1 aliphatic heterocycles. The van der Waals surface area contributed by atoms with E-state index in [1.165, 1.54) is 38.5 Å². The van der Waals surface area contributed by atoms with Crippen molar-refractivity contribution in [3.05, 3.63) is 23.9 Å². The molecule has 2 saturated carbocycles. The molecule has 1 aromatic rings. The van der Waals surface area contributed by atoms with Gasteiger partial charge in [0.05, 0.1) is 0 Å². The first-order chi connectivity index (χ1) is 12.6. The minimum Gasteiger partial charge on any atom is -0.357 e. The number of urea groups is 1. The molecule has 4 rings (SSSR count). The van der Waals surface area contributed by atoms with Crippen LogP contribution >= 0.6 is 0 Å². The lowest BCUT2D eigenvalue weighted by Gasteiger charge is -2.31. The Morgan fingerprint density at radius 1 is 1.19 bits per heavy atom. The molecule has 2 amide bonds. The molecule has 0 unspecified atom stereocenters. The molecule has 0 spiro atoms. The van der Waals surface area contributed by atoms with Crippen molar-refractivity contribution in [2.24, 2.45) is 17.8 Å². The smallest absolute Gasteiger partial charge is 0.317 e. The van der Waals surface area contributed by atoms with Crippen LogP contribution in [0, 0.1) is 17.8 Å². The number of nitrogens with one attached hydrogen (secondary N) is 1. The molecular weight excluding hydrogens is 324 g/mol. The maximum atomic E-state index is 12.6. The number of hydrogen-bond acceptors (Lipinski definition) is 3. The van der Waals surface area contributed by atoms with Crippen LogP contribution in [0.15, 0.2) is 18.3 Å². The summed E-state index contributed by atoms with van der Waals surface area (Å²) in [7, 11) is 1.97. The maximum Gasteiger partial charge on any atom is 0.317 e. The quantitative estimate of drug-likeness (QED) is 0.846. The molecule has 0 radical (unpaired) electrons. The Bertz CT molecular complexity index is 603. The van der Waals surface area contributed by atoms with Crippen LogP contribution in [0.2, 0.25) is 0 Å². The van der Waals surface area contributed by atoms with Crippen molar-refractivity contribution < 1.29 is 4.79 Å². The molecule has 0 aromatic carbocycles. The van der Waals surface area contributed by atoms with E-state index in [1.54, 1.807) is 0 Å². The van der Waals surface area contributed by atoms with Crippen molar-refractivity contribution in [1.82, 2.24) is 15.2 Å². The molecule has 2 heterocycles. The molecule has 0 atom stereocenters. The minimum absolute atomic E-state index is 0.0582. The Labute approximate surface area is 157 Å². The molecule has 1 aromatic heterocycles. The van der Waals surface area contributed by atoms with Gasteiger partial charge >= 0.3 is 6.03 Å². The first kappa shape index (κ1) is 17.6. The highest BCUT2D eigenvalue weighted by atomic mass is 16.2. The molecule has 0 bridgehead atoms. The summed E-state index contributed by atoms with van der Waals surface area (Å²) in [6, 6.07) is 4.71. The fourth-order valence-electron chi connectivity index (χ4n) is 4.28. The fourth-order valence-corrected chi connectivity index (χ4v) is 4.28. The second kappa shape index (κ2) is 7.45. The molecule has 5 nitrogen and oxygen atoms in total. The second-order valence-electron chi connectivity index (χ2n) is 8.63. The van der Waals surface area contributed by atoms with Crippen LogP contribution in [0.5, 0.6) is 0 Å². The van der Waals surface area contributed by atoms with Gasteiger partial charge in [0.15, 0.2) is 0 Å². The van der Waals surface area contributed by atoms with Gasteiger partial charge in [-0.25, -0.2) is 9.78 Å². The number of amides is 2. The normalized spacial score (nSPS) is 21.1. The fraction of sp³-hybridized carbons (Fsp3) is 0.714. The van der Waals surface area contributed by atoms with Crippen LogP contribution in [0.4, 0.5) is 10.6 Å². The zero-order chi connectivity index (χ0) is 18.1. The van der Waals surface area contributed by atoms with Crippen molar-refractivity contribution in [2.75, 3.05) is 25.0 Å². The van der Waals surface area contributed by atoms with Gasteiger partial charge in [-0.15, -0.1) is 0 Å². The van der Waals surface area contributed by atoms with E-state index < -0.39 is 0 Å². The molecule has 3 aliphatic rings. The minimum atomic E-state index is 0.0582. The van der Waals surface area contributed by atoms with Gasteiger partial charge in [-0.2, -0.15) is 0 Å². The van der Waals surface area contributed by atoms with Gasteiger partial charge in [-0.05, 0) is 67.9 Å². The maximum absolute atomic E-state index is 12.6. The Morgan fingerprint density at radius 3 is 2.38 bits per heavy atom. The highest BCUT2D eigenvalue weighted by molar-refractivity contribution is 5.74. The summed E-state index contributed by atoms with van der Waals surface area (Å²) in [4.78, 5) is 21.5. The Morgan fingerprint density at radius 2 is 1.85 bits per heavy atom. The standard InChI is InChI=1S/C21H32N4O/c1-15-9-11-25(12-10-15)19-8-3-16(13-22-19)14-23-21(26)24(2)20(17-4-5-17)18-6-7-18/h3,8,13,15,17-18,20H,4-7,9-12,14H2,1-2H3,(H,23,26). The Kier molecular flexibility index (Phi) is 5.05. The van der Waals surface area contributed by atoms with E-state index in [0.29, 0.717) is 12.6 Å². The summed E-state index contributed by atoms with van der Waals surface area (Å²) in [5.41, 5.74) is 1.07. The van der Waals surface area contributed by atoms with Crippen LogP contribution in [-0.4, -0.2) is 42.1 Å². The number of piperidine rings is 1. The lowest BCUT2D eigenvalue weighted by Crippen LogP contribution is -2.45. The van der Waals surface area contributed by atoms with Gasteiger partial charge in [0.25, 0.3) is 0 Å². The predicted octanol–water partition coefficient (Wildman–Crippen LogP) is 3.65. The third kappa shape index (κ3) is 4.13. The number of carbonyl (C=O) groups is 1. The van der Waals surface area contributed by atoms with E-state index in [9.17, 15) is 4.79 Å². The number of carbonyl (C=O) groups excluding carboxylic acids is 1. The van der Waals surface area contributed by atoms with Gasteiger partial charge in [-0.3, -0.25) is 0 Å². The van der Waals surface area contributed by atoms with E-state index in [2.05, 4.69) is 34.3 Å². The van der Waals surface area contributed by atoms with Crippen LogP contribution in [0.25, 0.3) is 0 Å². The van der Waals surface area contributed by atoms with Crippen LogP contribution in [-0.2, 0) is 6.54 Å². The lowest BCUT2D eigenvalue weighted by molar-refractivity contribution is 0.173. The average Bonchev–Trinajstić information content (AvgIpc) is 3.56. The van der Waals surface area contributed by atoms with Crippen molar-refractivity contribution in [1.29, 1.82) is 0 Å². The van der Waals surface area contributed by atoms with Crippen molar-refractivity contribution in [3.8, 4) is 0 Å². The summed E-state index contributed by atoms with van der Waals surface area (Å²) < 4.78 is 0. The SMILES string of the molecule is CC1CCN(c2ccc(CNC(=O)N(C)C(C3CC3)C3CC3)cn2)CC1. The summed E-state index contributed by atoms with van der Waals surface area (Å²) in [6.07, 6.45) is 9.56. The lowest BCUT2D eigenvalue weighted by atomic mass is 9.99. The summed E-state index contributed by atoms with van der Waals surface area (Å²) >= 11 is 0.